The van der Waals surface area contributed by atoms with Crippen LogP contribution in [-0.2, 0) is 30.2 Å². The zero-order chi connectivity index (χ0) is 25.2. The molecule has 1 saturated heterocycles. The Kier molecular flexibility index (Phi) is 7.07. The third-order valence-electron chi connectivity index (χ3n) is 5.73. The van der Waals surface area contributed by atoms with Crippen LogP contribution in [0.5, 0.6) is 11.5 Å². The van der Waals surface area contributed by atoms with E-state index in [2.05, 4.69) is 0 Å². The molecular formula is C25H26ClNO8. The van der Waals surface area contributed by atoms with Crippen LogP contribution in [0.1, 0.15) is 38.0 Å². The van der Waals surface area contributed by atoms with Crippen molar-refractivity contribution in [1.82, 2.24) is 4.90 Å². The summed E-state index contributed by atoms with van der Waals surface area (Å²) in [6, 6.07) is 12.1. The molecule has 9 nitrogen and oxygen atoms in total. The first-order valence-electron chi connectivity index (χ1n) is 11.4. The van der Waals surface area contributed by atoms with E-state index in [0.29, 0.717) is 18.0 Å². The summed E-state index contributed by atoms with van der Waals surface area (Å²) < 4.78 is 26.8. The van der Waals surface area contributed by atoms with Crippen molar-refractivity contribution in [2.24, 2.45) is 0 Å². The van der Waals surface area contributed by atoms with Crippen molar-refractivity contribution >= 4 is 29.6 Å². The number of esters is 2. The second kappa shape index (κ2) is 10.0. The molecule has 1 fully saturated rings. The van der Waals surface area contributed by atoms with E-state index in [1.54, 1.807) is 49.1 Å². The molecule has 2 atom stereocenters. The first-order valence-corrected chi connectivity index (χ1v) is 11.7. The molecule has 0 N–H and O–H groups in total. The summed E-state index contributed by atoms with van der Waals surface area (Å²) in [5.74, 6) is -3.91. The summed E-state index contributed by atoms with van der Waals surface area (Å²) in [5, 5.41) is 0.576. The first kappa shape index (κ1) is 24.7. The second-order valence-corrected chi connectivity index (χ2v) is 8.61. The van der Waals surface area contributed by atoms with E-state index < -0.39 is 29.9 Å². The Labute approximate surface area is 207 Å². The minimum atomic E-state index is -2.35. The van der Waals surface area contributed by atoms with Gasteiger partial charge in [0.25, 0.3) is 0 Å². The molecule has 2 aliphatic rings. The van der Waals surface area contributed by atoms with Gasteiger partial charge in [-0.1, -0.05) is 29.8 Å². The lowest BCUT2D eigenvalue weighted by atomic mass is 10.0. The maximum Gasteiger partial charge on any atom is 0.453 e. The van der Waals surface area contributed by atoms with Gasteiger partial charge in [-0.05, 0) is 62.6 Å². The minimum absolute atomic E-state index is 0.0356. The Morgan fingerprint density at radius 1 is 1.09 bits per heavy atom. The van der Waals surface area contributed by atoms with Crippen molar-refractivity contribution in [3.63, 3.8) is 0 Å². The highest BCUT2D eigenvalue weighted by atomic mass is 35.5. The van der Waals surface area contributed by atoms with E-state index in [4.69, 9.17) is 35.3 Å². The Bertz CT molecular complexity index is 1120. The molecule has 10 heteroatoms. The molecule has 0 radical (unpaired) electrons. The fourth-order valence-electron chi connectivity index (χ4n) is 4.05. The van der Waals surface area contributed by atoms with E-state index in [1.165, 1.54) is 0 Å². The number of benzene rings is 2. The van der Waals surface area contributed by atoms with Crippen LogP contribution in [-0.4, -0.2) is 54.5 Å². The van der Waals surface area contributed by atoms with Crippen LogP contribution < -0.4 is 9.47 Å². The van der Waals surface area contributed by atoms with Gasteiger partial charge in [-0.3, -0.25) is 0 Å². The van der Waals surface area contributed by atoms with Gasteiger partial charge in [-0.2, -0.15) is 0 Å². The molecule has 186 valence electrons. The van der Waals surface area contributed by atoms with E-state index in [-0.39, 0.29) is 30.8 Å². The third kappa shape index (κ3) is 4.86. The molecule has 0 saturated carbocycles. The smallest absolute Gasteiger partial charge is 0.453 e. The highest BCUT2D eigenvalue weighted by molar-refractivity contribution is 6.30. The van der Waals surface area contributed by atoms with Gasteiger partial charge in [0.1, 0.15) is 6.10 Å². The molecule has 2 aromatic rings. The fourth-order valence-corrected chi connectivity index (χ4v) is 4.25. The predicted molar refractivity (Wildman–Crippen MR) is 124 cm³/mol. The molecule has 0 bridgehead atoms. The first-order chi connectivity index (χ1) is 16.8. The Hall–Kier alpha value is -3.46. The van der Waals surface area contributed by atoms with Gasteiger partial charge < -0.3 is 28.6 Å². The molecule has 0 spiro atoms. The van der Waals surface area contributed by atoms with Crippen LogP contribution in [0.25, 0.3) is 0 Å². The van der Waals surface area contributed by atoms with E-state index in [1.807, 2.05) is 19.1 Å². The summed E-state index contributed by atoms with van der Waals surface area (Å²) in [6.45, 7) is 5.59. The predicted octanol–water partition coefficient (Wildman–Crippen LogP) is 4.06. The van der Waals surface area contributed by atoms with Crippen molar-refractivity contribution in [3.8, 4) is 11.5 Å². The number of cyclic esters (lactones) is 1. The van der Waals surface area contributed by atoms with Crippen LogP contribution >= 0.6 is 11.6 Å². The number of hydrogen-bond donors (Lipinski definition) is 0. The Morgan fingerprint density at radius 2 is 1.77 bits per heavy atom. The molecule has 1 amide bonds. The summed E-state index contributed by atoms with van der Waals surface area (Å²) >= 11 is 6.07. The lowest BCUT2D eigenvalue weighted by Gasteiger charge is -2.22. The van der Waals surface area contributed by atoms with Gasteiger partial charge in [0.15, 0.2) is 11.5 Å². The summed E-state index contributed by atoms with van der Waals surface area (Å²) in [7, 11) is 0. The fraction of sp³-hybridized carbons (Fsp3) is 0.400. The maximum absolute atomic E-state index is 12.6. The molecule has 35 heavy (non-hydrogen) atoms. The normalized spacial score (nSPS) is 18.7. The number of rotatable bonds is 8. The average molecular weight is 504 g/mol. The van der Waals surface area contributed by atoms with Gasteiger partial charge >= 0.3 is 23.8 Å². The van der Waals surface area contributed by atoms with Gasteiger partial charge in [0.2, 0.25) is 0 Å². The lowest BCUT2D eigenvalue weighted by molar-refractivity contribution is -0.202. The van der Waals surface area contributed by atoms with Crippen molar-refractivity contribution < 1.29 is 38.1 Å². The summed E-state index contributed by atoms with van der Waals surface area (Å²) in [4.78, 5) is 39.3. The quantitative estimate of drug-likeness (QED) is 0.302. The number of fused-ring (bicyclic) bond motifs is 1. The van der Waals surface area contributed by atoms with E-state index in [0.717, 1.165) is 11.1 Å². The standard InChI is InChI=1S/C25H26ClNO8/c1-4-31-22(28)25(23(29)32-5-2)34-19-10-9-16(12-20(19)35-25)11-15(3)27-14-21(33-24(27)30)17-7-6-8-18(26)13-17/h6-10,12-13,15,21H,4-5,11,14H2,1-3H3/t15-,21-/m1/s1. The van der Waals surface area contributed by atoms with Crippen LogP contribution in [0.15, 0.2) is 42.5 Å². The Balaban J connectivity index is 1.48. The summed E-state index contributed by atoms with van der Waals surface area (Å²) in [5.41, 5.74) is 1.64. The monoisotopic (exact) mass is 503 g/mol. The number of ether oxygens (including phenoxy) is 5. The Morgan fingerprint density at radius 3 is 2.43 bits per heavy atom. The largest absolute Gasteiger partial charge is 0.460 e. The number of hydrogen-bond acceptors (Lipinski definition) is 8. The van der Waals surface area contributed by atoms with Crippen molar-refractivity contribution in [2.45, 2.75) is 45.1 Å². The minimum Gasteiger partial charge on any atom is -0.460 e. The van der Waals surface area contributed by atoms with Crippen molar-refractivity contribution in [3.05, 3.63) is 58.6 Å². The SMILES string of the molecule is CCOC(=O)C1(C(=O)OCC)Oc2ccc(C[C@@H](C)N3C[C@H](c4cccc(Cl)c4)OC3=O)cc2O1. The lowest BCUT2D eigenvalue weighted by Crippen LogP contribution is -2.55. The van der Waals surface area contributed by atoms with Crippen molar-refractivity contribution in [2.75, 3.05) is 19.8 Å². The number of carbonyl (C=O) groups is 3. The molecule has 2 aliphatic heterocycles. The van der Waals surface area contributed by atoms with Crippen molar-refractivity contribution in [1.29, 1.82) is 0 Å². The molecule has 0 unspecified atom stereocenters. The highest BCUT2D eigenvalue weighted by Crippen LogP contribution is 2.41. The third-order valence-corrected chi connectivity index (χ3v) is 5.96. The maximum atomic E-state index is 12.6. The number of carbonyl (C=O) groups excluding carboxylic acids is 3. The molecular weight excluding hydrogens is 478 g/mol. The topological polar surface area (TPSA) is 101 Å². The summed E-state index contributed by atoms with van der Waals surface area (Å²) in [6.07, 6.45) is -0.346. The molecule has 2 heterocycles. The van der Waals surface area contributed by atoms with Crippen LogP contribution in [0, 0.1) is 0 Å². The average Bonchev–Trinajstić information content (AvgIpc) is 3.41. The molecule has 4 rings (SSSR count). The van der Waals surface area contributed by atoms with Gasteiger partial charge in [-0.25, -0.2) is 14.4 Å². The molecule has 0 aliphatic carbocycles. The zero-order valence-electron chi connectivity index (χ0n) is 19.6. The number of nitrogens with zero attached hydrogens (tertiary/aromatic N) is 1. The van der Waals surface area contributed by atoms with Crippen LogP contribution in [0.3, 0.4) is 0 Å². The second-order valence-electron chi connectivity index (χ2n) is 8.18. The number of halogens is 1. The molecule has 0 aromatic heterocycles. The highest BCUT2D eigenvalue weighted by Gasteiger charge is 2.59. The van der Waals surface area contributed by atoms with Crippen LogP contribution in [0.4, 0.5) is 4.79 Å². The van der Waals surface area contributed by atoms with Gasteiger partial charge in [0.05, 0.1) is 19.8 Å². The van der Waals surface area contributed by atoms with E-state index in [9.17, 15) is 14.4 Å². The molecule has 2 aromatic carbocycles. The zero-order valence-corrected chi connectivity index (χ0v) is 20.4. The van der Waals surface area contributed by atoms with Crippen LogP contribution in [0.2, 0.25) is 5.02 Å². The number of amides is 1. The van der Waals surface area contributed by atoms with Gasteiger partial charge in [0, 0.05) is 11.1 Å². The van der Waals surface area contributed by atoms with Gasteiger partial charge in [-0.15, -0.1) is 0 Å². The van der Waals surface area contributed by atoms with E-state index >= 15 is 0 Å².